The number of nitrogens with zero attached hydrogens (tertiary/aromatic N) is 1. The fourth-order valence-corrected chi connectivity index (χ4v) is 3.37. The minimum Gasteiger partial charge on any atom is -0.236 e. The van der Waals surface area contributed by atoms with Gasteiger partial charge in [-0.15, -0.1) is 11.3 Å². The molecule has 0 saturated heterocycles. The molecule has 94 valence electrons. The maximum atomic E-state index is 4.71. The predicted octanol–water partition coefficient (Wildman–Crippen LogP) is 6.00. The van der Waals surface area contributed by atoms with Crippen LogP contribution in [0, 0.1) is 0 Å². The highest BCUT2D eigenvalue weighted by Gasteiger charge is 2.08. The van der Waals surface area contributed by atoms with E-state index < -0.39 is 0 Å². The zero-order valence-corrected chi connectivity index (χ0v) is 13.8. The van der Waals surface area contributed by atoms with Crippen molar-refractivity contribution in [2.45, 2.75) is 0 Å². The van der Waals surface area contributed by atoms with Crippen molar-refractivity contribution in [2.75, 3.05) is 0 Å². The molecule has 0 aliphatic heterocycles. The average Bonchev–Trinajstić information content (AvgIpc) is 2.89. The normalized spacial score (nSPS) is 10.6. The second kappa shape index (κ2) is 5.57. The molecular formula is C15H9Br2NS. The van der Waals surface area contributed by atoms with E-state index in [0.29, 0.717) is 0 Å². The fraction of sp³-hybridized carbons (Fsp3) is 0. The molecule has 0 N–H and O–H groups in total. The molecule has 0 atom stereocenters. The van der Waals surface area contributed by atoms with Gasteiger partial charge >= 0.3 is 0 Å². The predicted molar refractivity (Wildman–Crippen MR) is 88.4 cm³/mol. The van der Waals surface area contributed by atoms with Crippen molar-refractivity contribution in [1.29, 1.82) is 0 Å². The maximum absolute atomic E-state index is 4.71. The Morgan fingerprint density at radius 2 is 1.63 bits per heavy atom. The SMILES string of the molecule is Brc1ccc(-c2nc(-c3ccccc3Br)cs2)cc1. The third-order valence-corrected chi connectivity index (χ3v) is 4.86. The van der Waals surface area contributed by atoms with Gasteiger partial charge in [0.1, 0.15) is 5.01 Å². The summed E-state index contributed by atoms with van der Waals surface area (Å²) in [6.07, 6.45) is 0. The van der Waals surface area contributed by atoms with Gasteiger partial charge in [0.15, 0.2) is 0 Å². The van der Waals surface area contributed by atoms with Crippen LogP contribution in [-0.2, 0) is 0 Å². The Labute approximate surface area is 132 Å². The van der Waals surface area contributed by atoms with Crippen LogP contribution in [0.1, 0.15) is 0 Å². The molecule has 1 heterocycles. The zero-order valence-electron chi connectivity index (χ0n) is 9.81. The second-order valence-corrected chi connectivity index (χ2v) is 6.65. The first-order valence-electron chi connectivity index (χ1n) is 5.70. The first kappa shape index (κ1) is 13.0. The molecule has 0 radical (unpaired) electrons. The number of rotatable bonds is 2. The Morgan fingerprint density at radius 3 is 2.37 bits per heavy atom. The highest BCUT2D eigenvalue weighted by Crippen LogP contribution is 2.32. The van der Waals surface area contributed by atoms with Crippen LogP contribution in [0.15, 0.2) is 62.9 Å². The molecule has 2 aromatic carbocycles. The summed E-state index contributed by atoms with van der Waals surface area (Å²) in [6.45, 7) is 0. The van der Waals surface area contributed by atoms with Gasteiger partial charge in [-0.2, -0.15) is 0 Å². The van der Waals surface area contributed by atoms with Crippen molar-refractivity contribution in [3.8, 4) is 21.8 Å². The van der Waals surface area contributed by atoms with Gasteiger partial charge in [0, 0.05) is 25.5 Å². The summed E-state index contributed by atoms with van der Waals surface area (Å²) < 4.78 is 2.15. The summed E-state index contributed by atoms with van der Waals surface area (Å²) in [5, 5.41) is 3.13. The molecule has 0 unspecified atom stereocenters. The number of halogens is 2. The van der Waals surface area contributed by atoms with Crippen LogP contribution in [0.25, 0.3) is 21.8 Å². The number of hydrogen-bond donors (Lipinski definition) is 0. The minimum absolute atomic E-state index is 1.01. The van der Waals surface area contributed by atoms with E-state index in [0.717, 1.165) is 30.8 Å². The van der Waals surface area contributed by atoms with Gasteiger partial charge in [0.25, 0.3) is 0 Å². The standard InChI is InChI=1S/C15H9Br2NS/c16-11-7-5-10(6-8-11)15-18-14(9-19-15)12-3-1-2-4-13(12)17/h1-9H. The molecule has 1 aromatic heterocycles. The lowest BCUT2D eigenvalue weighted by atomic mass is 10.2. The van der Waals surface area contributed by atoms with Crippen molar-refractivity contribution in [3.05, 3.63) is 62.9 Å². The Bertz CT molecular complexity index is 704. The monoisotopic (exact) mass is 393 g/mol. The fourth-order valence-electron chi connectivity index (χ4n) is 1.79. The molecule has 3 rings (SSSR count). The van der Waals surface area contributed by atoms with E-state index in [2.05, 4.69) is 55.4 Å². The maximum Gasteiger partial charge on any atom is 0.124 e. The number of hydrogen-bond acceptors (Lipinski definition) is 2. The summed E-state index contributed by atoms with van der Waals surface area (Å²) in [5.41, 5.74) is 3.28. The first-order chi connectivity index (χ1) is 9.24. The van der Waals surface area contributed by atoms with Gasteiger partial charge in [0.05, 0.1) is 5.69 Å². The van der Waals surface area contributed by atoms with Crippen LogP contribution in [0.5, 0.6) is 0 Å². The molecule has 0 saturated carbocycles. The van der Waals surface area contributed by atoms with Crippen LogP contribution >= 0.6 is 43.2 Å². The van der Waals surface area contributed by atoms with Crippen LogP contribution in [0.2, 0.25) is 0 Å². The number of benzene rings is 2. The van der Waals surface area contributed by atoms with E-state index in [1.165, 1.54) is 0 Å². The van der Waals surface area contributed by atoms with Crippen LogP contribution in [-0.4, -0.2) is 4.98 Å². The van der Waals surface area contributed by atoms with Crippen molar-refractivity contribution in [2.24, 2.45) is 0 Å². The van der Waals surface area contributed by atoms with E-state index in [4.69, 9.17) is 4.98 Å². The number of thiazole rings is 1. The van der Waals surface area contributed by atoms with Crippen molar-refractivity contribution < 1.29 is 0 Å². The van der Waals surface area contributed by atoms with Crippen molar-refractivity contribution in [3.63, 3.8) is 0 Å². The molecule has 19 heavy (non-hydrogen) atoms. The smallest absolute Gasteiger partial charge is 0.124 e. The van der Waals surface area contributed by atoms with Gasteiger partial charge in [-0.3, -0.25) is 0 Å². The molecule has 1 nitrogen and oxygen atoms in total. The molecule has 0 bridgehead atoms. The zero-order chi connectivity index (χ0) is 13.2. The summed E-state index contributed by atoms with van der Waals surface area (Å²) in [5.74, 6) is 0. The lowest BCUT2D eigenvalue weighted by Gasteiger charge is -1.99. The minimum atomic E-state index is 1.01. The van der Waals surface area contributed by atoms with E-state index in [1.54, 1.807) is 11.3 Å². The van der Waals surface area contributed by atoms with Gasteiger partial charge in [-0.25, -0.2) is 4.98 Å². The summed E-state index contributed by atoms with van der Waals surface area (Å²) in [6, 6.07) is 16.4. The van der Waals surface area contributed by atoms with Gasteiger partial charge < -0.3 is 0 Å². The third-order valence-electron chi connectivity index (χ3n) is 2.75. The van der Waals surface area contributed by atoms with Gasteiger partial charge in [-0.1, -0.05) is 62.2 Å². The largest absolute Gasteiger partial charge is 0.236 e. The third kappa shape index (κ3) is 2.81. The summed E-state index contributed by atoms with van der Waals surface area (Å²) in [4.78, 5) is 4.71. The molecule has 4 heteroatoms. The molecule has 0 aliphatic carbocycles. The topological polar surface area (TPSA) is 12.9 Å². The van der Waals surface area contributed by atoms with E-state index >= 15 is 0 Å². The molecule has 0 amide bonds. The lowest BCUT2D eigenvalue weighted by molar-refractivity contribution is 1.39. The van der Waals surface area contributed by atoms with Crippen LogP contribution in [0.4, 0.5) is 0 Å². The van der Waals surface area contributed by atoms with Crippen LogP contribution in [0.3, 0.4) is 0 Å². The Morgan fingerprint density at radius 1 is 0.895 bits per heavy atom. The average molecular weight is 395 g/mol. The lowest BCUT2D eigenvalue weighted by Crippen LogP contribution is -1.80. The Kier molecular flexibility index (Phi) is 3.82. The van der Waals surface area contributed by atoms with Crippen LogP contribution < -0.4 is 0 Å². The summed E-state index contributed by atoms with van der Waals surface area (Å²) in [7, 11) is 0. The second-order valence-electron chi connectivity index (χ2n) is 4.02. The highest BCUT2D eigenvalue weighted by atomic mass is 79.9. The molecule has 0 spiro atoms. The highest BCUT2D eigenvalue weighted by molar-refractivity contribution is 9.10. The quantitative estimate of drug-likeness (QED) is 0.519. The molecule has 3 aromatic rings. The van der Waals surface area contributed by atoms with E-state index in [-0.39, 0.29) is 0 Å². The molecular weight excluding hydrogens is 386 g/mol. The Balaban J connectivity index is 2.00. The number of aromatic nitrogens is 1. The van der Waals surface area contributed by atoms with E-state index in [1.807, 2.05) is 30.3 Å². The molecule has 0 aliphatic rings. The van der Waals surface area contributed by atoms with Crippen molar-refractivity contribution >= 4 is 43.2 Å². The van der Waals surface area contributed by atoms with E-state index in [9.17, 15) is 0 Å². The first-order valence-corrected chi connectivity index (χ1v) is 8.17. The van der Waals surface area contributed by atoms with Crippen molar-refractivity contribution in [1.82, 2.24) is 4.98 Å². The Hall–Kier alpha value is -0.970. The summed E-state index contributed by atoms with van der Waals surface area (Å²) >= 11 is 8.68. The van der Waals surface area contributed by atoms with Gasteiger partial charge in [-0.05, 0) is 18.2 Å². The molecule has 0 fully saturated rings. The van der Waals surface area contributed by atoms with Gasteiger partial charge in [0.2, 0.25) is 0 Å².